The summed E-state index contributed by atoms with van der Waals surface area (Å²) in [6.45, 7) is 1.98. The van der Waals surface area contributed by atoms with Crippen molar-refractivity contribution in [2.45, 2.75) is 25.0 Å². The van der Waals surface area contributed by atoms with E-state index in [-0.39, 0.29) is 18.0 Å². The number of aryl methyl sites for hydroxylation is 1. The van der Waals surface area contributed by atoms with Crippen LogP contribution in [0, 0.1) is 6.92 Å². The smallest absolute Gasteiger partial charge is 0.242 e. The predicted molar refractivity (Wildman–Crippen MR) is 85.3 cm³/mol. The van der Waals surface area contributed by atoms with E-state index in [1.807, 2.05) is 31.2 Å². The first-order valence-corrected chi connectivity index (χ1v) is 8.64. The van der Waals surface area contributed by atoms with Crippen LogP contribution in [-0.2, 0) is 23.2 Å². The van der Waals surface area contributed by atoms with E-state index >= 15 is 0 Å². The molecular weight excluding hydrogens is 354 g/mol. The Morgan fingerprint density at radius 1 is 1.14 bits per heavy atom. The zero-order valence-electron chi connectivity index (χ0n) is 11.5. The van der Waals surface area contributed by atoms with Crippen molar-refractivity contribution < 1.29 is 13.5 Å². The standard InChI is InChI=1S/C15H16BrNO3S/c1-11-3-2-4-12(7-11)9-17-21(19,20)15-8-13(10-18)5-6-14(15)16/h2-8,17-18H,9-10H2,1H3. The van der Waals surface area contributed by atoms with Crippen molar-refractivity contribution in [1.29, 1.82) is 0 Å². The fourth-order valence-corrected chi connectivity index (χ4v) is 3.96. The third-order valence-corrected chi connectivity index (χ3v) is 5.41. The van der Waals surface area contributed by atoms with E-state index in [2.05, 4.69) is 20.7 Å². The van der Waals surface area contributed by atoms with Crippen LogP contribution in [0.4, 0.5) is 0 Å². The minimum absolute atomic E-state index is 0.127. The SMILES string of the molecule is Cc1cccc(CNS(=O)(=O)c2cc(CO)ccc2Br)c1. The molecule has 0 heterocycles. The molecule has 0 aliphatic rings. The molecule has 0 aliphatic carbocycles. The molecule has 0 bridgehead atoms. The molecule has 0 fully saturated rings. The lowest BCUT2D eigenvalue weighted by atomic mass is 10.1. The van der Waals surface area contributed by atoms with Gasteiger partial charge in [0.2, 0.25) is 10.0 Å². The molecule has 0 amide bonds. The summed E-state index contributed by atoms with van der Waals surface area (Å²) in [5, 5.41) is 9.13. The number of sulfonamides is 1. The summed E-state index contributed by atoms with van der Waals surface area (Å²) >= 11 is 3.23. The summed E-state index contributed by atoms with van der Waals surface area (Å²) in [5.41, 5.74) is 2.53. The van der Waals surface area contributed by atoms with Gasteiger partial charge in [0.05, 0.1) is 11.5 Å². The van der Waals surface area contributed by atoms with Crippen molar-refractivity contribution in [2.75, 3.05) is 0 Å². The molecule has 2 N–H and O–H groups in total. The van der Waals surface area contributed by atoms with E-state index in [0.717, 1.165) is 11.1 Å². The van der Waals surface area contributed by atoms with Gasteiger partial charge in [-0.2, -0.15) is 0 Å². The molecule has 0 aromatic heterocycles. The number of rotatable bonds is 5. The second kappa shape index (κ2) is 6.70. The Hall–Kier alpha value is -1.21. The first-order chi connectivity index (χ1) is 9.92. The van der Waals surface area contributed by atoms with Crippen molar-refractivity contribution >= 4 is 26.0 Å². The molecule has 0 unspecified atom stereocenters. The lowest BCUT2D eigenvalue weighted by Gasteiger charge is -2.10. The van der Waals surface area contributed by atoms with Gasteiger partial charge in [-0.3, -0.25) is 0 Å². The van der Waals surface area contributed by atoms with Crippen molar-refractivity contribution in [2.24, 2.45) is 0 Å². The number of aliphatic hydroxyl groups excluding tert-OH is 1. The molecule has 0 atom stereocenters. The third-order valence-electron chi connectivity index (χ3n) is 3.02. The first-order valence-electron chi connectivity index (χ1n) is 6.37. The molecule has 6 heteroatoms. The van der Waals surface area contributed by atoms with Gasteiger partial charge >= 0.3 is 0 Å². The van der Waals surface area contributed by atoms with E-state index in [1.54, 1.807) is 12.1 Å². The lowest BCUT2D eigenvalue weighted by molar-refractivity contribution is 0.281. The van der Waals surface area contributed by atoms with Crippen LogP contribution in [0.25, 0.3) is 0 Å². The van der Waals surface area contributed by atoms with Gasteiger partial charge in [-0.15, -0.1) is 0 Å². The van der Waals surface area contributed by atoms with E-state index in [4.69, 9.17) is 5.11 Å². The molecule has 2 aromatic carbocycles. The summed E-state index contributed by atoms with van der Waals surface area (Å²) in [5.74, 6) is 0. The van der Waals surface area contributed by atoms with Gasteiger partial charge in [-0.25, -0.2) is 13.1 Å². The molecule has 4 nitrogen and oxygen atoms in total. The maximum atomic E-state index is 12.4. The quantitative estimate of drug-likeness (QED) is 0.851. The van der Waals surface area contributed by atoms with Crippen LogP contribution in [0.2, 0.25) is 0 Å². The van der Waals surface area contributed by atoms with Crippen LogP contribution in [0.5, 0.6) is 0 Å². The van der Waals surface area contributed by atoms with Gasteiger partial charge in [-0.1, -0.05) is 35.9 Å². The Bertz CT molecular complexity index is 744. The molecule has 0 spiro atoms. The van der Waals surface area contributed by atoms with Gasteiger partial charge in [0.15, 0.2) is 0 Å². The predicted octanol–water partition coefficient (Wildman–Crippen LogP) is 2.73. The Kier molecular flexibility index (Phi) is 5.16. The second-order valence-electron chi connectivity index (χ2n) is 4.74. The molecule has 2 rings (SSSR count). The molecule has 112 valence electrons. The van der Waals surface area contributed by atoms with Crippen LogP contribution < -0.4 is 4.72 Å². The number of hydrogen-bond acceptors (Lipinski definition) is 3. The van der Waals surface area contributed by atoms with E-state index in [9.17, 15) is 8.42 Å². The number of benzene rings is 2. The van der Waals surface area contributed by atoms with Crippen LogP contribution in [0.3, 0.4) is 0 Å². The summed E-state index contributed by atoms with van der Waals surface area (Å²) < 4.78 is 27.8. The average molecular weight is 370 g/mol. The minimum atomic E-state index is -3.64. The van der Waals surface area contributed by atoms with Gasteiger partial charge in [-0.05, 0) is 46.1 Å². The molecule has 0 aliphatic heterocycles. The topological polar surface area (TPSA) is 66.4 Å². The van der Waals surface area contributed by atoms with Crippen molar-refractivity contribution in [3.63, 3.8) is 0 Å². The Balaban J connectivity index is 2.22. The zero-order valence-corrected chi connectivity index (χ0v) is 13.9. The Morgan fingerprint density at radius 2 is 1.90 bits per heavy atom. The molecule has 0 saturated heterocycles. The average Bonchev–Trinajstić information content (AvgIpc) is 2.46. The molecular formula is C15H16BrNO3S. The molecule has 0 radical (unpaired) electrons. The zero-order chi connectivity index (χ0) is 15.5. The third kappa shape index (κ3) is 4.14. The highest BCUT2D eigenvalue weighted by Gasteiger charge is 2.17. The minimum Gasteiger partial charge on any atom is -0.392 e. The fourth-order valence-electron chi connectivity index (χ4n) is 1.93. The fraction of sp³-hybridized carbons (Fsp3) is 0.200. The largest absolute Gasteiger partial charge is 0.392 e. The van der Waals surface area contributed by atoms with Crippen molar-refractivity contribution in [3.8, 4) is 0 Å². The van der Waals surface area contributed by atoms with Gasteiger partial charge in [0, 0.05) is 11.0 Å². The summed E-state index contributed by atoms with van der Waals surface area (Å²) in [4.78, 5) is 0.127. The highest BCUT2D eigenvalue weighted by atomic mass is 79.9. The normalized spacial score (nSPS) is 11.6. The maximum absolute atomic E-state index is 12.4. The second-order valence-corrected chi connectivity index (χ2v) is 7.33. The van der Waals surface area contributed by atoms with E-state index in [1.165, 1.54) is 6.07 Å². The van der Waals surface area contributed by atoms with Crippen LogP contribution in [-0.4, -0.2) is 13.5 Å². The van der Waals surface area contributed by atoms with Crippen molar-refractivity contribution in [3.05, 3.63) is 63.6 Å². The highest BCUT2D eigenvalue weighted by Crippen LogP contribution is 2.23. The van der Waals surface area contributed by atoms with Gasteiger partial charge in [0.1, 0.15) is 0 Å². The monoisotopic (exact) mass is 369 g/mol. The van der Waals surface area contributed by atoms with Gasteiger partial charge < -0.3 is 5.11 Å². The van der Waals surface area contributed by atoms with Crippen LogP contribution in [0.15, 0.2) is 51.8 Å². The highest BCUT2D eigenvalue weighted by molar-refractivity contribution is 9.10. The number of nitrogens with one attached hydrogen (secondary N) is 1. The number of halogens is 1. The summed E-state index contributed by atoms with van der Waals surface area (Å²) in [7, 11) is -3.64. The molecule has 21 heavy (non-hydrogen) atoms. The van der Waals surface area contributed by atoms with Crippen LogP contribution >= 0.6 is 15.9 Å². The maximum Gasteiger partial charge on any atom is 0.242 e. The van der Waals surface area contributed by atoms with Crippen molar-refractivity contribution in [1.82, 2.24) is 4.72 Å². The first kappa shape index (κ1) is 16.2. The Morgan fingerprint density at radius 3 is 2.57 bits per heavy atom. The molecule has 2 aromatic rings. The van der Waals surface area contributed by atoms with E-state index < -0.39 is 10.0 Å². The number of hydrogen-bond donors (Lipinski definition) is 2. The summed E-state index contributed by atoms with van der Waals surface area (Å²) in [6, 6.07) is 12.4. The Labute approximate surface area is 133 Å². The van der Waals surface area contributed by atoms with E-state index in [0.29, 0.717) is 10.0 Å². The van der Waals surface area contributed by atoms with Gasteiger partial charge in [0.25, 0.3) is 0 Å². The summed E-state index contributed by atoms with van der Waals surface area (Å²) in [6.07, 6.45) is 0. The molecule has 0 saturated carbocycles. The lowest BCUT2D eigenvalue weighted by Crippen LogP contribution is -2.23. The number of aliphatic hydroxyl groups is 1. The van der Waals surface area contributed by atoms with Crippen LogP contribution in [0.1, 0.15) is 16.7 Å².